The van der Waals surface area contributed by atoms with Gasteiger partial charge in [-0.15, -0.1) is 0 Å². The van der Waals surface area contributed by atoms with Crippen LogP contribution in [0.15, 0.2) is 36.5 Å². The molecule has 0 bridgehead atoms. The molecule has 1 aliphatic rings. The minimum atomic E-state index is -1.16. The number of aliphatic hydroxyl groups is 1. The molecule has 0 aliphatic heterocycles. The third-order valence-corrected chi connectivity index (χ3v) is 6.38. The van der Waals surface area contributed by atoms with E-state index in [1.165, 1.54) is 0 Å². The van der Waals surface area contributed by atoms with Crippen LogP contribution in [0.4, 0.5) is 5.69 Å². The molecule has 1 fully saturated rings. The van der Waals surface area contributed by atoms with E-state index in [-0.39, 0.29) is 17.9 Å². The average molecular weight is 435 g/mol. The van der Waals surface area contributed by atoms with E-state index in [1.807, 2.05) is 42.1 Å². The minimum Gasteiger partial charge on any atom is -0.386 e. The molecular weight excluding hydrogens is 404 g/mol. The van der Waals surface area contributed by atoms with E-state index < -0.39 is 5.60 Å². The first-order chi connectivity index (χ1) is 15.2. The summed E-state index contributed by atoms with van der Waals surface area (Å²) < 4.78 is 1.98. The number of fused-ring (bicyclic) bond motifs is 1. The van der Waals surface area contributed by atoms with Crippen LogP contribution in [0.2, 0.25) is 0 Å². The quantitative estimate of drug-likeness (QED) is 0.609. The molecular formula is C25H30N4O3. The Labute approximate surface area is 188 Å². The second kappa shape index (κ2) is 8.47. The van der Waals surface area contributed by atoms with Crippen molar-refractivity contribution >= 4 is 28.8 Å². The van der Waals surface area contributed by atoms with Crippen LogP contribution in [0, 0.1) is 12.8 Å². The van der Waals surface area contributed by atoms with Gasteiger partial charge < -0.3 is 14.8 Å². The molecule has 0 spiro atoms. The number of carbonyl (C=O) groups is 2. The van der Waals surface area contributed by atoms with Gasteiger partial charge >= 0.3 is 0 Å². The third-order valence-electron chi connectivity index (χ3n) is 6.38. The minimum absolute atomic E-state index is 0.152. The molecule has 1 N–H and O–H groups in total. The normalized spacial score (nSPS) is 19.2. The van der Waals surface area contributed by atoms with Gasteiger partial charge in [0.1, 0.15) is 12.0 Å². The maximum Gasteiger partial charge on any atom is 0.276 e. The molecule has 1 aromatic carbocycles. The highest BCUT2D eigenvalue weighted by atomic mass is 16.3. The lowest BCUT2D eigenvalue weighted by molar-refractivity contribution is -0.112. The molecule has 32 heavy (non-hydrogen) atoms. The maximum absolute atomic E-state index is 13.2. The summed E-state index contributed by atoms with van der Waals surface area (Å²) in [6, 6.07) is 9.39. The number of carbonyl (C=O) groups excluding carboxylic acids is 2. The number of benzene rings is 1. The predicted octanol–water partition coefficient (Wildman–Crippen LogP) is 4.17. The van der Waals surface area contributed by atoms with E-state index in [2.05, 4.69) is 4.98 Å². The number of nitrogens with zero attached hydrogens (tertiary/aromatic N) is 4. The zero-order chi connectivity index (χ0) is 23.0. The summed E-state index contributed by atoms with van der Waals surface area (Å²) in [7, 11) is 1.70. The highest BCUT2D eigenvalue weighted by Crippen LogP contribution is 2.36. The fraction of sp³-hybridized carbons (Fsp3) is 0.440. The zero-order valence-electron chi connectivity index (χ0n) is 19.1. The summed E-state index contributed by atoms with van der Waals surface area (Å²) >= 11 is 0. The summed E-state index contributed by atoms with van der Waals surface area (Å²) in [5, 5.41) is 16.5. The van der Waals surface area contributed by atoms with Gasteiger partial charge in [-0.1, -0.05) is 6.07 Å². The van der Waals surface area contributed by atoms with E-state index in [4.69, 9.17) is 5.10 Å². The number of aryl methyl sites for hydroxylation is 1. The van der Waals surface area contributed by atoms with Crippen LogP contribution >= 0.6 is 0 Å². The van der Waals surface area contributed by atoms with Crippen LogP contribution in [0.1, 0.15) is 67.3 Å². The van der Waals surface area contributed by atoms with Gasteiger partial charge in [0.05, 0.1) is 22.8 Å². The van der Waals surface area contributed by atoms with Gasteiger partial charge in [-0.05, 0) is 70.7 Å². The second-order valence-electron chi connectivity index (χ2n) is 9.33. The highest BCUT2D eigenvalue weighted by Gasteiger charge is 2.28. The van der Waals surface area contributed by atoms with Crippen molar-refractivity contribution in [3.63, 3.8) is 0 Å². The largest absolute Gasteiger partial charge is 0.386 e. The Balaban J connectivity index is 1.72. The Bertz CT molecular complexity index is 1150. The Morgan fingerprint density at radius 2 is 1.94 bits per heavy atom. The molecule has 7 nitrogen and oxygen atoms in total. The van der Waals surface area contributed by atoms with Crippen LogP contribution in [0.3, 0.4) is 0 Å². The summed E-state index contributed by atoms with van der Waals surface area (Å²) in [5.74, 6) is -0.0855. The number of aldehydes is 1. The molecule has 0 saturated heterocycles. The number of amides is 1. The Kier molecular flexibility index (Phi) is 5.86. The highest BCUT2D eigenvalue weighted by molar-refractivity contribution is 6.06. The fourth-order valence-electron chi connectivity index (χ4n) is 4.48. The molecule has 168 valence electrons. The molecule has 0 unspecified atom stereocenters. The number of anilines is 1. The molecule has 3 aromatic rings. The first-order valence-corrected chi connectivity index (χ1v) is 11.1. The zero-order valence-corrected chi connectivity index (χ0v) is 19.1. The van der Waals surface area contributed by atoms with Gasteiger partial charge in [0.2, 0.25) is 0 Å². The lowest BCUT2D eigenvalue weighted by Gasteiger charge is -2.27. The van der Waals surface area contributed by atoms with Crippen molar-refractivity contribution in [2.24, 2.45) is 5.92 Å². The molecule has 0 atom stereocenters. The maximum atomic E-state index is 13.2. The Hall–Kier alpha value is -3.06. The number of aromatic nitrogens is 3. The molecule has 2 heterocycles. The second-order valence-corrected chi connectivity index (χ2v) is 9.33. The Morgan fingerprint density at radius 3 is 2.56 bits per heavy atom. The van der Waals surface area contributed by atoms with Gasteiger partial charge in [0, 0.05) is 35.8 Å². The number of hydrogen-bond acceptors (Lipinski definition) is 5. The summed E-state index contributed by atoms with van der Waals surface area (Å²) in [5.41, 5.74) is 2.00. The van der Waals surface area contributed by atoms with Crippen molar-refractivity contribution in [3.8, 4) is 0 Å². The Morgan fingerprint density at radius 1 is 1.22 bits per heavy atom. The lowest BCUT2D eigenvalue weighted by atomic mass is 9.87. The molecule has 1 aliphatic carbocycles. The van der Waals surface area contributed by atoms with E-state index in [0.717, 1.165) is 48.6 Å². The fourth-order valence-corrected chi connectivity index (χ4v) is 4.48. The lowest BCUT2D eigenvalue weighted by Crippen LogP contribution is -2.30. The molecule has 0 radical (unpaired) electrons. The van der Waals surface area contributed by atoms with E-state index in [9.17, 15) is 14.7 Å². The molecule has 4 rings (SSSR count). The van der Waals surface area contributed by atoms with Crippen LogP contribution in [-0.2, 0) is 10.4 Å². The number of pyridine rings is 1. The van der Waals surface area contributed by atoms with Crippen LogP contribution < -0.4 is 4.90 Å². The van der Waals surface area contributed by atoms with Crippen molar-refractivity contribution in [3.05, 3.63) is 53.5 Å². The van der Waals surface area contributed by atoms with Gasteiger partial charge in [0.25, 0.3) is 5.91 Å². The molecule has 2 aromatic heterocycles. The average Bonchev–Trinajstić information content (AvgIpc) is 3.20. The van der Waals surface area contributed by atoms with Crippen LogP contribution in [-0.4, -0.2) is 39.1 Å². The van der Waals surface area contributed by atoms with Crippen molar-refractivity contribution in [1.29, 1.82) is 0 Å². The van der Waals surface area contributed by atoms with Gasteiger partial charge in [-0.25, -0.2) is 4.98 Å². The monoisotopic (exact) mass is 434 g/mol. The standard InChI is InChI=1S/C25H30N4O3/c1-16-6-5-7-21(26-16)24(31)28(4)23-12-18-14-29(19-10-8-17(15-30)9-11-19)27-22(18)13-20(23)25(2,3)32/h5-7,12-15,17,19,32H,8-11H2,1-4H3/t17-,19-. The SMILES string of the molecule is Cc1cccc(C(=O)N(C)c2cc3cn([C@H]4CC[C@H](C=O)CC4)nc3cc2C(C)(C)O)n1. The predicted molar refractivity (Wildman–Crippen MR) is 124 cm³/mol. The molecule has 1 amide bonds. The van der Waals surface area contributed by atoms with E-state index in [1.54, 1.807) is 31.9 Å². The van der Waals surface area contributed by atoms with Crippen molar-refractivity contribution in [2.75, 3.05) is 11.9 Å². The number of hydrogen-bond donors (Lipinski definition) is 1. The van der Waals surface area contributed by atoms with Crippen molar-refractivity contribution < 1.29 is 14.7 Å². The first-order valence-electron chi connectivity index (χ1n) is 11.1. The molecule has 1 saturated carbocycles. The van der Waals surface area contributed by atoms with Crippen molar-refractivity contribution in [1.82, 2.24) is 14.8 Å². The smallest absolute Gasteiger partial charge is 0.276 e. The molecule has 7 heteroatoms. The van der Waals surface area contributed by atoms with Gasteiger partial charge in [-0.3, -0.25) is 9.48 Å². The van der Waals surface area contributed by atoms with Gasteiger partial charge in [-0.2, -0.15) is 5.10 Å². The summed E-state index contributed by atoms with van der Waals surface area (Å²) in [6.45, 7) is 5.26. The van der Waals surface area contributed by atoms with Crippen LogP contribution in [0.25, 0.3) is 10.9 Å². The van der Waals surface area contributed by atoms with Gasteiger partial charge in [0.15, 0.2) is 0 Å². The van der Waals surface area contributed by atoms with Crippen molar-refractivity contribution in [2.45, 2.75) is 58.1 Å². The topological polar surface area (TPSA) is 88.3 Å². The summed E-state index contributed by atoms with van der Waals surface area (Å²) in [4.78, 5) is 30.1. The summed E-state index contributed by atoms with van der Waals surface area (Å²) in [6.07, 6.45) is 6.66. The van der Waals surface area contributed by atoms with E-state index in [0.29, 0.717) is 16.9 Å². The van der Waals surface area contributed by atoms with Crippen LogP contribution in [0.5, 0.6) is 0 Å². The third kappa shape index (κ3) is 4.30. The number of rotatable bonds is 5. The van der Waals surface area contributed by atoms with E-state index >= 15 is 0 Å². The first kappa shape index (κ1) is 22.1.